The first kappa shape index (κ1) is 22.3. The smallest absolute Gasteiger partial charge is 0.335 e. The topological polar surface area (TPSA) is 143 Å². The van der Waals surface area contributed by atoms with Gasteiger partial charge in [0.25, 0.3) is 5.56 Å². The lowest BCUT2D eigenvalue weighted by molar-refractivity contribution is -0.142. The van der Waals surface area contributed by atoms with E-state index >= 15 is 0 Å². The number of nitrogens with zero attached hydrogens (tertiary/aromatic N) is 2. The van der Waals surface area contributed by atoms with Crippen LogP contribution < -0.4 is 16.0 Å². The molecule has 1 unspecified atom stereocenters. The molecule has 0 aliphatic rings. The number of aromatic amines is 1. The fourth-order valence-electron chi connectivity index (χ4n) is 2.98. The Hall–Kier alpha value is -4.34. The Morgan fingerprint density at radius 3 is 2.34 bits per heavy atom. The third kappa shape index (κ3) is 4.86. The van der Waals surface area contributed by atoms with E-state index < -0.39 is 29.1 Å². The standard InChI is InChI=1S/C22H21N3O7/c1-31-16-9-5-14(6-10-16)25-20(28)17(19(27)24-22(25)30)12-23-18(21(29)32-2)11-13-3-7-15(26)8-4-13/h3-10,12,18,26,28H,11H2,1-2H3,(H,24,27,30). The summed E-state index contributed by atoms with van der Waals surface area (Å²) in [4.78, 5) is 43.0. The molecule has 0 aliphatic heterocycles. The van der Waals surface area contributed by atoms with Gasteiger partial charge in [-0.1, -0.05) is 12.1 Å². The van der Waals surface area contributed by atoms with E-state index in [1.807, 2.05) is 0 Å². The zero-order valence-corrected chi connectivity index (χ0v) is 17.3. The third-order valence-electron chi connectivity index (χ3n) is 4.67. The molecule has 0 saturated heterocycles. The first-order valence-electron chi connectivity index (χ1n) is 9.45. The molecule has 0 radical (unpaired) electrons. The normalized spacial score (nSPS) is 11.9. The van der Waals surface area contributed by atoms with Crippen LogP contribution in [0, 0.1) is 0 Å². The van der Waals surface area contributed by atoms with Crippen LogP contribution in [0.4, 0.5) is 0 Å². The van der Waals surface area contributed by atoms with Crippen molar-refractivity contribution in [1.82, 2.24) is 9.55 Å². The second-order valence-corrected chi connectivity index (χ2v) is 6.72. The van der Waals surface area contributed by atoms with Gasteiger partial charge >= 0.3 is 11.7 Å². The van der Waals surface area contributed by atoms with Gasteiger partial charge in [-0.25, -0.2) is 14.2 Å². The summed E-state index contributed by atoms with van der Waals surface area (Å²) in [5.41, 5.74) is -1.04. The van der Waals surface area contributed by atoms with E-state index in [1.165, 1.54) is 38.5 Å². The second-order valence-electron chi connectivity index (χ2n) is 6.72. The predicted molar refractivity (Wildman–Crippen MR) is 116 cm³/mol. The summed E-state index contributed by atoms with van der Waals surface area (Å²) < 4.78 is 10.7. The van der Waals surface area contributed by atoms with Crippen molar-refractivity contribution in [2.75, 3.05) is 14.2 Å². The van der Waals surface area contributed by atoms with Crippen molar-refractivity contribution in [1.29, 1.82) is 0 Å². The molecule has 32 heavy (non-hydrogen) atoms. The molecular weight excluding hydrogens is 418 g/mol. The van der Waals surface area contributed by atoms with Gasteiger partial charge in [0, 0.05) is 12.6 Å². The summed E-state index contributed by atoms with van der Waals surface area (Å²) in [5.74, 6) is -0.679. The molecule has 1 atom stereocenters. The van der Waals surface area contributed by atoms with Crippen molar-refractivity contribution >= 4 is 12.2 Å². The number of ether oxygens (including phenoxy) is 2. The Morgan fingerprint density at radius 1 is 1.09 bits per heavy atom. The molecule has 10 nitrogen and oxygen atoms in total. The van der Waals surface area contributed by atoms with Crippen molar-refractivity contribution in [3.8, 4) is 23.1 Å². The number of aromatic hydroxyl groups is 2. The Kier molecular flexibility index (Phi) is 6.74. The van der Waals surface area contributed by atoms with Gasteiger partial charge in [0.2, 0.25) is 5.88 Å². The van der Waals surface area contributed by atoms with Crippen LogP contribution in [0.25, 0.3) is 5.69 Å². The van der Waals surface area contributed by atoms with Crippen LogP contribution in [0.2, 0.25) is 0 Å². The monoisotopic (exact) mass is 439 g/mol. The van der Waals surface area contributed by atoms with Crippen molar-refractivity contribution in [2.24, 2.45) is 4.99 Å². The highest BCUT2D eigenvalue weighted by atomic mass is 16.5. The van der Waals surface area contributed by atoms with Gasteiger partial charge in [0.1, 0.15) is 17.1 Å². The number of aromatic nitrogens is 2. The number of phenolic OH excluding ortho intramolecular Hbond substituents is 1. The van der Waals surface area contributed by atoms with Crippen LogP contribution in [0.5, 0.6) is 17.4 Å². The van der Waals surface area contributed by atoms with Crippen molar-refractivity contribution in [3.05, 3.63) is 80.5 Å². The number of methoxy groups -OCH3 is 2. The summed E-state index contributed by atoms with van der Waals surface area (Å²) in [5, 5.41) is 20.0. The highest BCUT2D eigenvalue weighted by Crippen LogP contribution is 2.19. The lowest BCUT2D eigenvalue weighted by Gasteiger charge is -2.12. The maximum atomic E-state index is 12.3. The van der Waals surface area contributed by atoms with E-state index in [1.54, 1.807) is 24.3 Å². The van der Waals surface area contributed by atoms with E-state index in [0.29, 0.717) is 11.3 Å². The van der Waals surface area contributed by atoms with E-state index in [0.717, 1.165) is 10.8 Å². The zero-order valence-electron chi connectivity index (χ0n) is 17.3. The second kappa shape index (κ2) is 9.65. The molecule has 0 spiro atoms. The van der Waals surface area contributed by atoms with Crippen LogP contribution in [-0.4, -0.2) is 52.2 Å². The minimum atomic E-state index is -1.02. The molecule has 1 heterocycles. The number of H-pyrrole nitrogens is 1. The Balaban J connectivity index is 1.99. The van der Waals surface area contributed by atoms with Gasteiger partial charge < -0.3 is 19.7 Å². The van der Waals surface area contributed by atoms with E-state index in [-0.39, 0.29) is 23.4 Å². The largest absolute Gasteiger partial charge is 0.508 e. The minimum absolute atomic E-state index is 0.0733. The zero-order chi connectivity index (χ0) is 23.3. The van der Waals surface area contributed by atoms with Crippen molar-refractivity contribution < 1.29 is 24.5 Å². The highest BCUT2D eigenvalue weighted by molar-refractivity contribution is 5.85. The number of rotatable bonds is 7. The summed E-state index contributed by atoms with van der Waals surface area (Å²) >= 11 is 0. The SMILES string of the molecule is COC(=O)C(Cc1ccc(O)cc1)N=Cc1c(O)n(-c2ccc(OC)cc2)c(=O)[nH]c1=O. The maximum absolute atomic E-state index is 12.3. The average molecular weight is 439 g/mol. The third-order valence-corrected chi connectivity index (χ3v) is 4.67. The molecule has 3 N–H and O–H groups in total. The van der Waals surface area contributed by atoms with E-state index in [2.05, 4.69) is 9.98 Å². The molecule has 166 valence electrons. The molecule has 3 aromatic rings. The van der Waals surface area contributed by atoms with Gasteiger partial charge in [0.15, 0.2) is 6.04 Å². The molecule has 1 aromatic heterocycles. The van der Waals surface area contributed by atoms with Crippen LogP contribution in [0.15, 0.2) is 63.1 Å². The number of esters is 1. The Bertz CT molecular complexity index is 1240. The number of benzene rings is 2. The molecule has 0 fully saturated rings. The first-order chi connectivity index (χ1) is 15.3. The molecule has 0 saturated carbocycles. The molecule has 2 aromatic carbocycles. The molecular formula is C22H21N3O7. The fraction of sp³-hybridized carbons (Fsp3) is 0.182. The van der Waals surface area contributed by atoms with Crippen LogP contribution in [0.1, 0.15) is 11.1 Å². The van der Waals surface area contributed by atoms with Gasteiger partial charge in [0.05, 0.1) is 19.9 Å². The van der Waals surface area contributed by atoms with Crippen LogP contribution in [0.3, 0.4) is 0 Å². The lowest BCUT2D eigenvalue weighted by Crippen LogP contribution is -2.31. The Morgan fingerprint density at radius 2 is 1.75 bits per heavy atom. The lowest BCUT2D eigenvalue weighted by atomic mass is 10.1. The summed E-state index contributed by atoms with van der Waals surface area (Å²) in [6.07, 6.45) is 1.15. The number of carbonyl (C=O) groups is 1. The van der Waals surface area contributed by atoms with Crippen molar-refractivity contribution in [2.45, 2.75) is 12.5 Å². The molecule has 0 bridgehead atoms. The Labute approximate surface area is 182 Å². The van der Waals surface area contributed by atoms with Gasteiger partial charge in [-0.2, -0.15) is 0 Å². The van der Waals surface area contributed by atoms with Gasteiger partial charge in [-0.05, 0) is 42.0 Å². The van der Waals surface area contributed by atoms with Crippen LogP contribution >= 0.6 is 0 Å². The summed E-state index contributed by atoms with van der Waals surface area (Å²) in [7, 11) is 2.69. The van der Waals surface area contributed by atoms with Crippen molar-refractivity contribution in [3.63, 3.8) is 0 Å². The van der Waals surface area contributed by atoms with Gasteiger partial charge in [-0.3, -0.25) is 14.8 Å². The molecule has 0 aliphatic carbocycles. The maximum Gasteiger partial charge on any atom is 0.335 e. The quantitative estimate of drug-likeness (QED) is 0.370. The van der Waals surface area contributed by atoms with E-state index in [9.17, 15) is 24.6 Å². The number of nitrogens with one attached hydrogen (secondary N) is 1. The van der Waals surface area contributed by atoms with E-state index in [4.69, 9.17) is 9.47 Å². The van der Waals surface area contributed by atoms with Crippen LogP contribution in [-0.2, 0) is 16.0 Å². The average Bonchev–Trinajstić information content (AvgIpc) is 2.79. The van der Waals surface area contributed by atoms with Gasteiger partial charge in [-0.15, -0.1) is 0 Å². The number of phenols is 1. The summed E-state index contributed by atoms with van der Waals surface area (Å²) in [6.45, 7) is 0. The first-order valence-corrected chi connectivity index (χ1v) is 9.45. The molecule has 0 amide bonds. The fourth-order valence-corrected chi connectivity index (χ4v) is 2.98. The highest BCUT2D eigenvalue weighted by Gasteiger charge is 2.20. The minimum Gasteiger partial charge on any atom is -0.508 e. The number of aliphatic imine (C=N–C) groups is 1. The molecule has 10 heteroatoms. The number of carbonyl (C=O) groups excluding carboxylic acids is 1. The number of hydrogen-bond acceptors (Lipinski definition) is 8. The molecule has 3 rings (SSSR count). The summed E-state index contributed by atoms with van der Waals surface area (Å²) in [6, 6.07) is 11.4. The predicted octanol–water partition coefficient (Wildman–Crippen LogP) is 1.15. The number of hydrogen-bond donors (Lipinski definition) is 3.